The Labute approximate surface area is 150 Å². The van der Waals surface area contributed by atoms with E-state index in [0.717, 1.165) is 32.1 Å². The zero-order chi connectivity index (χ0) is 16.9. The van der Waals surface area contributed by atoms with Gasteiger partial charge in [-0.05, 0) is 37.5 Å². The number of rotatable bonds is 7. The molecule has 1 saturated carbocycles. The number of amides is 1. The van der Waals surface area contributed by atoms with Crippen LogP contribution < -0.4 is 15.8 Å². The second-order valence-corrected chi connectivity index (χ2v) is 7.78. The second-order valence-electron chi connectivity index (χ2n) is 6.01. The van der Waals surface area contributed by atoms with E-state index >= 15 is 0 Å². The summed E-state index contributed by atoms with van der Waals surface area (Å²) in [5.74, 6) is -0.0121. The standard InChI is InChI=1S/C16H25N3O3S.ClH/c1-2-16(8-3-4-9-16)15(20)19-13-6-5-7-14(12-13)23(21,22)18-11-10-17;/h5-7,12,18H,2-4,8-11,17H2,1H3,(H,19,20);1H. The van der Waals surface area contributed by atoms with Gasteiger partial charge in [-0.3, -0.25) is 4.79 Å². The van der Waals surface area contributed by atoms with Gasteiger partial charge in [0.1, 0.15) is 0 Å². The van der Waals surface area contributed by atoms with E-state index in [2.05, 4.69) is 10.0 Å². The van der Waals surface area contributed by atoms with Crippen molar-refractivity contribution in [3.05, 3.63) is 24.3 Å². The molecule has 1 aliphatic carbocycles. The lowest BCUT2D eigenvalue weighted by Crippen LogP contribution is -2.33. The van der Waals surface area contributed by atoms with Crippen LogP contribution in [0.3, 0.4) is 0 Å². The maximum absolute atomic E-state index is 12.6. The van der Waals surface area contributed by atoms with Gasteiger partial charge < -0.3 is 11.1 Å². The summed E-state index contributed by atoms with van der Waals surface area (Å²) in [6, 6.07) is 6.31. The largest absolute Gasteiger partial charge is 0.329 e. The van der Waals surface area contributed by atoms with Gasteiger partial charge in [0.15, 0.2) is 0 Å². The summed E-state index contributed by atoms with van der Waals surface area (Å²) in [5, 5.41) is 2.89. The number of benzene rings is 1. The van der Waals surface area contributed by atoms with Gasteiger partial charge in [0, 0.05) is 24.2 Å². The molecular formula is C16H26ClN3O3S. The number of carbonyl (C=O) groups excluding carboxylic acids is 1. The van der Waals surface area contributed by atoms with E-state index in [0.29, 0.717) is 5.69 Å². The molecule has 8 heteroatoms. The third kappa shape index (κ3) is 4.69. The molecule has 0 radical (unpaired) electrons. The molecule has 1 aliphatic rings. The number of halogens is 1. The SMILES string of the molecule is CCC1(C(=O)Nc2cccc(S(=O)(=O)NCCN)c2)CCCC1.Cl. The third-order valence-corrected chi connectivity index (χ3v) is 6.02. The Balaban J connectivity index is 0.00000288. The first-order valence-corrected chi connectivity index (χ1v) is 9.53. The summed E-state index contributed by atoms with van der Waals surface area (Å²) in [5.41, 5.74) is 5.52. The number of sulfonamides is 1. The van der Waals surface area contributed by atoms with Crippen LogP contribution in [-0.2, 0) is 14.8 Å². The predicted octanol–water partition coefficient (Wildman–Crippen LogP) is 2.25. The Kier molecular flexibility index (Phi) is 7.66. The Morgan fingerprint density at radius 3 is 2.54 bits per heavy atom. The molecule has 0 heterocycles. The maximum Gasteiger partial charge on any atom is 0.240 e. The van der Waals surface area contributed by atoms with Crippen LogP contribution in [0.4, 0.5) is 5.69 Å². The molecule has 0 aliphatic heterocycles. The highest BCUT2D eigenvalue weighted by Gasteiger charge is 2.39. The van der Waals surface area contributed by atoms with Crippen molar-refractivity contribution >= 4 is 34.0 Å². The minimum absolute atomic E-state index is 0. The molecule has 6 nitrogen and oxygen atoms in total. The molecule has 2 rings (SSSR count). The quantitative estimate of drug-likeness (QED) is 0.680. The molecule has 0 atom stereocenters. The van der Waals surface area contributed by atoms with Crippen LogP contribution >= 0.6 is 12.4 Å². The Morgan fingerprint density at radius 2 is 1.96 bits per heavy atom. The zero-order valence-electron chi connectivity index (χ0n) is 13.9. The van der Waals surface area contributed by atoms with E-state index in [4.69, 9.17) is 5.73 Å². The summed E-state index contributed by atoms with van der Waals surface area (Å²) in [7, 11) is -3.60. The highest BCUT2D eigenvalue weighted by Crippen LogP contribution is 2.41. The molecular weight excluding hydrogens is 350 g/mol. The molecule has 4 N–H and O–H groups in total. The highest BCUT2D eigenvalue weighted by molar-refractivity contribution is 7.89. The molecule has 1 aromatic rings. The third-order valence-electron chi connectivity index (χ3n) is 4.56. The molecule has 1 fully saturated rings. The van der Waals surface area contributed by atoms with Crippen molar-refractivity contribution in [1.29, 1.82) is 0 Å². The maximum atomic E-state index is 12.6. The average Bonchev–Trinajstić information content (AvgIpc) is 3.03. The van der Waals surface area contributed by atoms with Crippen LogP contribution in [0.5, 0.6) is 0 Å². The molecule has 0 spiro atoms. The molecule has 0 bridgehead atoms. The van der Waals surface area contributed by atoms with Crippen molar-refractivity contribution in [2.45, 2.75) is 43.9 Å². The van der Waals surface area contributed by atoms with Crippen LogP contribution in [0.15, 0.2) is 29.2 Å². The fourth-order valence-corrected chi connectivity index (χ4v) is 4.17. The Bertz CT molecular complexity index is 658. The summed E-state index contributed by atoms with van der Waals surface area (Å²) in [6.45, 7) is 2.44. The van der Waals surface area contributed by atoms with Gasteiger partial charge in [-0.1, -0.05) is 25.8 Å². The van der Waals surface area contributed by atoms with Gasteiger partial charge in [-0.25, -0.2) is 13.1 Å². The molecule has 24 heavy (non-hydrogen) atoms. The summed E-state index contributed by atoms with van der Waals surface area (Å²) < 4.78 is 26.7. The van der Waals surface area contributed by atoms with Gasteiger partial charge in [-0.15, -0.1) is 12.4 Å². The minimum atomic E-state index is -3.60. The second kappa shape index (κ2) is 8.80. The first kappa shape index (κ1) is 20.9. The van der Waals surface area contributed by atoms with Crippen molar-refractivity contribution in [2.24, 2.45) is 11.1 Å². The molecule has 1 aromatic carbocycles. The average molecular weight is 376 g/mol. The number of hydrogen-bond donors (Lipinski definition) is 3. The lowest BCUT2D eigenvalue weighted by molar-refractivity contribution is -0.125. The fraction of sp³-hybridized carbons (Fsp3) is 0.562. The van der Waals surface area contributed by atoms with Crippen LogP contribution in [0.1, 0.15) is 39.0 Å². The van der Waals surface area contributed by atoms with Crippen molar-refractivity contribution in [1.82, 2.24) is 4.72 Å². The zero-order valence-corrected chi connectivity index (χ0v) is 15.5. The molecule has 0 saturated heterocycles. The molecule has 136 valence electrons. The topological polar surface area (TPSA) is 101 Å². The summed E-state index contributed by atoms with van der Waals surface area (Å²) in [4.78, 5) is 12.7. The molecule has 0 unspecified atom stereocenters. The number of carbonyl (C=O) groups is 1. The van der Waals surface area contributed by atoms with E-state index in [1.54, 1.807) is 12.1 Å². The van der Waals surface area contributed by atoms with Gasteiger partial charge in [0.2, 0.25) is 15.9 Å². The normalized spacial score (nSPS) is 16.4. The number of nitrogens with one attached hydrogen (secondary N) is 2. The van der Waals surface area contributed by atoms with Crippen LogP contribution in [0, 0.1) is 5.41 Å². The van der Waals surface area contributed by atoms with Crippen molar-refractivity contribution in [2.75, 3.05) is 18.4 Å². The van der Waals surface area contributed by atoms with Crippen LogP contribution in [0.25, 0.3) is 0 Å². The highest BCUT2D eigenvalue weighted by atomic mass is 35.5. The van der Waals surface area contributed by atoms with E-state index in [9.17, 15) is 13.2 Å². The van der Waals surface area contributed by atoms with Gasteiger partial charge in [-0.2, -0.15) is 0 Å². The van der Waals surface area contributed by atoms with Crippen molar-refractivity contribution in [3.8, 4) is 0 Å². The van der Waals surface area contributed by atoms with E-state index in [-0.39, 0.29) is 41.7 Å². The smallest absolute Gasteiger partial charge is 0.240 e. The van der Waals surface area contributed by atoms with Gasteiger partial charge >= 0.3 is 0 Å². The molecule has 1 amide bonds. The van der Waals surface area contributed by atoms with E-state index in [1.165, 1.54) is 12.1 Å². The first-order chi connectivity index (χ1) is 10.9. The Morgan fingerprint density at radius 1 is 1.29 bits per heavy atom. The fourth-order valence-electron chi connectivity index (χ4n) is 3.07. The number of nitrogens with two attached hydrogens (primary N) is 1. The predicted molar refractivity (Wildman–Crippen MR) is 97.8 cm³/mol. The van der Waals surface area contributed by atoms with E-state index < -0.39 is 10.0 Å². The van der Waals surface area contributed by atoms with Crippen LogP contribution in [0.2, 0.25) is 0 Å². The summed E-state index contributed by atoms with van der Waals surface area (Å²) >= 11 is 0. The lowest BCUT2D eigenvalue weighted by Gasteiger charge is -2.26. The first-order valence-electron chi connectivity index (χ1n) is 8.05. The number of hydrogen-bond acceptors (Lipinski definition) is 4. The van der Waals surface area contributed by atoms with Gasteiger partial charge in [0.25, 0.3) is 0 Å². The number of anilines is 1. The lowest BCUT2D eigenvalue weighted by atomic mass is 9.82. The van der Waals surface area contributed by atoms with Gasteiger partial charge in [0.05, 0.1) is 4.90 Å². The van der Waals surface area contributed by atoms with Crippen molar-refractivity contribution < 1.29 is 13.2 Å². The van der Waals surface area contributed by atoms with Crippen LogP contribution in [-0.4, -0.2) is 27.4 Å². The minimum Gasteiger partial charge on any atom is -0.329 e. The van der Waals surface area contributed by atoms with Crippen molar-refractivity contribution in [3.63, 3.8) is 0 Å². The summed E-state index contributed by atoms with van der Waals surface area (Å²) in [6.07, 6.45) is 4.73. The monoisotopic (exact) mass is 375 g/mol. The Hall–Kier alpha value is -1.15. The molecule has 0 aromatic heterocycles. The van der Waals surface area contributed by atoms with E-state index in [1.807, 2.05) is 6.92 Å².